The van der Waals surface area contributed by atoms with Gasteiger partial charge in [0.2, 0.25) is 0 Å². The van der Waals surface area contributed by atoms with Crippen LogP contribution in [0, 0.1) is 5.41 Å². The molecule has 20 heavy (non-hydrogen) atoms. The van der Waals surface area contributed by atoms with Crippen LogP contribution in [0.25, 0.3) is 0 Å². The van der Waals surface area contributed by atoms with Crippen LogP contribution >= 0.6 is 0 Å². The Labute approximate surface area is 122 Å². The number of nitrogens with two attached hydrogens (primary N) is 1. The highest BCUT2D eigenvalue weighted by Gasteiger charge is 2.22. The van der Waals surface area contributed by atoms with Crippen molar-refractivity contribution >= 4 is 5.84 Å². The van der Waals surface area contributed by atoms with Gasteiger partial charge in [-0.25, -0.2) is 0 Å². The van der Waals surface area contributed by atoms with E-state index in [0.29, 0.717) is 5.92 Å². The minimum absolute atomic E-state index is 0.271. The number of amidine groups is 1. The van der Waals surface area contributed by atoms with Gasteiger partial charge in [0.05, 0.1) is 0 Å². The van der Waals surface area contributed by atoms with Gasteiger partial charge in [-0.15, -0.1) is 0 Å². The lowest BCUT2D eigenvalue weighted by Gasteiger charge is -2.23. The predicted molar refractivity (Wildman–Crippen MR) is 84.2 cm³/mol. The molecule has 4 N–H and O–H groups in total. The molecule has 0 amide bonds. The number of nitrogens with one attached hydrogen (secondary N) is 1. The lowest BCUT2D eigenvalue weighted by atomic mass is 9.88. The quantitative estimate of drug-likeness (QED) is 0.225. The van der Waals surface area contributed by atoms with Gasteiger partial charge in [-0.1, -0.05) is 56.3 Å². The highest BCUT2D eigenvalue weighted by molar-refractivity contribution is 5.85. The molecule has 0 radical (unpaired) electrons. The Morgan fingerprint density at radius 1 is 1.30 bits per heavy atom. The van der Waals surface area contributed by atoms with Gasteiger partial charge in [-0.2, -0.15) is 0 Å². The Balaban J connectivity index is 2.23. The average Bonchev–Trinajstić information content (AvgIpc) is 2.46. The third kappa shape index (κ3) is 5.21. The smallest absolute Gasteiger partial charge is 0.144 e. The van der Waals surface area contributed by atoms with Gasteiger partial charge in [-0.3, -0.25) is 0 Å². The molecule has 0 aromatic heterocycles. The number of rotatable bonds is 8. The monoisotopic (exact) mass is 277 g/mol. The third-order valence-corrected chi connectivity index (χ3v) is 3.85. The van der Waals surface area contributed by atoms with Crippen molar-refractivity contribution in [1.29, 1.82) is 0 Å². The molecule has 0 bridgehead atoms. The van der Waals surface area contributed by atoms with Crippen LogP contribution in [-0.2, 0) is 0 Å². The Bertz CT molecular complexity index is 415. The summed E-state index contributed by atoms with van der Waals surface area (Å²) < 4.78 is 0. The first-order valence-corrected chi connectivity index (χ1v) is 7.21. The second-order valence-corrected chi connectivity index (χ2v) is 5.97. The summed E-state index contributed by atoms with van der Waals surface area (Å²) in [6.07, 6.45) is 1.95. The zero-order valence-corrected chi connectivity index (χ0v) is 12.8. The molecule has 0 aliphatic heterocycles. The van der Waals surface area contributed by atoms with E-state index in [2.05, 4.69) is 41.7 Å². The minimum Gasteiger partial charge on any atom is -0.409 e. The van der Waals surface area contributed by atoms with Gasteiger partial charge < -0.3 is 16.3 Å². The molecule has 0 aliphatic carbocycles. The van der Waals surface area contributed by atoms with Crippen LogP contribution in [0.2, 0.25) is 0 Å². The number of benzene rings is 1. The van der Waals surface area contributed by atoms with Crippen LogP contribution in [0.4, 0.5) is 0 Å². The van der Waals surface area contributed by atoms with E-state index in [4.69, 9.17) is 10.9 Å². The molecule has 0 saturated heterocycles. The van der Waals surface area contributed by atoms with Crippen molar-refractivity contribution in [3.05, 3.63) is 35.9 Å². The van der Waals surface area contributed by atoms with E-state index in [1.807, 2.05) is 19.9 Å². The molecular weight excluding hydrogens is 250 g/mol. The molecule has 0 heterocycles. The molecule has 112 valence electrons. The van der Waals surface area contributed by atoms with Crippen LogP contribution < -0.4 is 11.1 Å². The summed E-state index contributed by atoms with van der Waals surface area (Å²) in [5.74, 6) is 0.845. The van der Waals surface area contributed by atoms with Gasteiger partial charge in [0.25, 0.3) is 0 Å². The maximum Gasteiger partial charge on any atom is 0.144 e. The molecule has 1 atom stereocenters. The summed E-state index contributed by atoms with van der Waals surface area (Å²) in [5.41, 5.74) is 6.77. The zero-order chi connectivity index (χ0) is 15.0. The van der Waals surface area contributed by atoms with E-state index in [9.17, 15) is 0 Å². The van der Waals surface area contributed by atoms with E-state index in [0.717, 1.165) is 25.9 Å². The molecule has 1 aromatic carbocycles. The van der Waals surface area contributed by atoms with Crippen molar-refractivity contribution < 1.29 is 5.21 Å². The lowest BCUT2D eigenvalue weighted by molar-refractivity contribution is 0.305. The van der Waals surface area contributed by atoms with Crippen LogP contribution in [0.3, 0.4) is 0 Å². The van der Waals surface area contributed by atoms with E-state index in [-0.39, 0.29) is 11.3 Å². The maximum absolute atomic E-state index is 8.71. The first-order valence-electron chi connectivity index (χ1n) is 7.21. The average molecular weight is 277 g/mol. The summed E-state index contributed by atoms with van der Waals surface area (Å²) in [6, 6.07) is 10.6. The molecule has 1 aromatic rings. The molecule has 0 aliphatic rings. The molecular formula is C16H27N3O. The van der Waals surface area contributed by atoms with Gasteiger partial charge >= 0.3 is 0 Å². The van der Waals surface area contributed by atoms with Crippen molar-refractivity contribution in [3.8, 4) is 0 Å². The summed E-state index contributed by atoms with van der Waals surface area (Å²) in [5, 5.41) is 15.2. The van der Waals surface area contributed by atoms with Crippen molar-refractivity contribution in [3.63, 3.8) is 0 Å². The summed E-state index contributed by atoms with van der Waals surface area (Å²) >= 11 is 0. The van der Waals surface area contributed by atoms with Crippen LogP contribution in [-0.4, -0.2) is 24.1 Å². The number of oxime groups is 1. The molecule has 4 heteroatoms. The standard InChI is InChI=1S/C16H27N3O/c1-13(14-7-5-4-6-8-14)9-11-18-12-10-16(2,3)15(17)19-20/h4-8,13,18,20H,9-12H2,1-3H3,(H2,17,19). The molecule has 1 unspecified atom stereocenters. The van der Waals surface area contributed by atoms with Crippen LogP contribution in [0.1, 0.15) is 45.1 Å². The number of hydrogen-bond acceptors (Lipinski definition) is 3. The SMILES string of the molecule is CC(CCNCCC(C)(C)C(N)=NO)c1ccccc1. The Kier molecular flexibility index (Phi) is 6.52. The van der Waals surface area contributed by atoms with Crippen molar-refractivity contribution in [2.75, 3.05) is 13.1 Å². The second-order valence-electron chi connectivity index (χ2n) is 5.97. The third-order valence-electron chi connectivity index (χ3n) is 3.85. The van der Waals surface area contributed by atoms with E-state index >= 15 is 0 Å². The Morgan fingerprint density at radius 3 is 2.55 bits per heavy atom. The zero-order valence-electron chi connectivity index (χ0n) is 12.8. The predicted octanol–water partition coefficient (Wildman–Crippen LogP) is 2.93. The largest absolute Gasteiger partial charge is 0.409 e. The second kappa shape index (κ2) is 7.90. The van der Waals surface area contributed by atoms with Gasteiger partial charge in [-0.05, 0) is 37.4 Å². The number of nitrogens with zero attached hydrogens (tertiary/aromatic N) is 1. The van der Waals surface area contributed by atoms with E-state index in [1.165, 1.54) is 5.56 Å². The summed E-state index contributed by atoms with van der Waals surface area (Å²) in [6.45, 7) is 8.05. The fourth-order valence-corrected chi connectivity index (χ4v) is 2.06. The highest BCUT2D eigenvalue weighted by Crippen LogP contribution is 2.20. The Hall–Kier alpha value is -1.55. The summed E-state index contributed by atoms with van der Waals surface area (Å²) in [4.78, 5) is 0. The lowest BCUT2D eigenvalue weighted by Crippen LogP contribution is -2.35. The van der Waals surface area contributed by atoms with E-state index < -0.39 is 0 Å². The molecule has 1 rings (SSSR count). The van der Waals surface area contributed by atoms with Crippen LogP contribution in [0.5, 0.6) is 0 Å². The summed E-state index contributed by atoms with van der Waals surface area (Å²) in [7, 11) is 0. The normalized spacial score (nSPS) is 14.2. The molecule has 0 spiro atoms. The van der Waals surface area contributed by atoms with Gasteiger partial charge in [0.15, 0.2) is 0 Å². The minimum atomic E-state index is -0.271. The van der Waals surface area contributed by atoms with Crippen LogP contribution in [0.15, 0.2) is 35.5 Å². The molecule has 0 fully saturated rings. The van der Waals surface area contributed by atoms with Gasteiger partial charge in [0.1, 0.15) is 5.84 Å². The molecule has 4 nitrogen and oxygen atoms in total. The first-order chi connectivity index (χ1) is 9.47. The Morgan fingerprint density at radius 2 is 1.95 bits per heavy atom. The van der Waals surface area contributed by atoms with E-state index in [1.54, 1.807) is 0 Å². The molecule has 0 saturated carbocycles. The number of hydrogen-bond donors (Lipinski definition) is 3. The maximum atomic E-state index is 8.71. The van der Waals surface area contributed by atoms with Gasteiger partial charge in [0, 0.05) is 5.41 Å². The van der Waals surface area contributed by atoms with Crippen molar-refractivity contribution in [2.45, 2.75) is 39.5 Å². The van der Waals surface area contributed by atoms with Crippen molar-refractivity contribution in [2.24, 2.45) is 16.3 Å². The highest BCUT2D eigenvalue weighted by atomic mass is 16.4. The fraction of sp³-hybridized carbons (Fsp3) is 0.562. The topological polar surface area (TPSA) is 70.6 Å². The first kappa shape index (κ1) is 16.5. The fourth-order valence-electron chi connectivity index (χ4n) is 2.06. The van der Waals surface area contributed by atoms with Crippen molar-refractivity contribution in [1.82, 2.24) is 5.32 Å².